The lowest BCUT2D eigenvalue weighted by molar-refractivity contribution is 0.411. The Labute approximate surface area is 94.7 Å². The van der Waals surface area contributed by atoms with E-state index in [1.165, 1.54) is 17.5 Å². The Morgan fingerprint density at radius 1 is 0.933 bits per heavy atom. The predicted octanol–water partition coefficient (Wildman–Crippen LogP) is 4.47. The number of rotatable bonds is 3. The fraction of sp³-hybridized carbons (Fsp3) is 0.600. The molecule has 0 amide bonds. The summed E-state index contributed by atoms with van der Waals surface area (Å²) in [5.74, 6) is 0.749. The van der Waals surface area contributed by atoms with Crippen LogP contribution in [0.25, 0.3) is 0 Å². The van der Waals surface area contributed by atoms with Gasteiger partial charge in [-0.25, -0.2) is 0 Å². The second kappa shape index (κ2) is 4.83. The molecule has 0 bridgehead atoms. The molecule has 84 valence electrons. The highest BCUT2D eigenvalue weighted by molar-refractivity contribution is 5.23. The van der Waals surface area contributed by atoms with E-state index in [0.29, 0.717) is 5.41 Å². The molecular formula is C15H24. The molecule has 0 unspecified atom stereocenters. The van der Waals surface area contributed by atoms with Gasteiger partial charge in [-0.15, -0.1) is 0 Å². The number of benzene rings is 1. The molecule has 0 aromatic heterocycles. The summed E-state index contributed by atoms with van der Waals surface area (Å²) in [6.07, 6.45) is 2.35. The minimum atomic E-state index is 0.388. The molecule has 0 aliphatic carbocycles. The lowest BCUT2D eigenvalue weighted by Crippen LogP contribution is -2.09. The van der Waals surface area contributed by atoms with Crippen molar-refractivity contribution in [3.8, 4) is 0 Å². The summed E-state index contributed by atoms with van der Waals surface area (Å²) in [5, 5.41) is 0. The quantitative estimate of drug-likeness (QED) is 0.681. The monoisotopic (exact) mass is 204 g/mol. The van der Waals surface area contributed by atoms with Gasteiger partial charge in [0.15, 0.2) is 0 Å². The molecule has 0 heteroatoms. The molecular weight excluding hydrogens is 180 g/mol. The standard InChI is InChI=1S/C15H24/c1-12(2)10-13-6-8-14(9-7-13)11-15(3,4)5/h6-9,12H,10-11H2,1-5H3. The van der Waals surface area contributed by atoms with Crippen LogP contribution >= 0.6 is 0 Å². The van der Waals surface area contributed by atoms with Gasteiger partial charge in [-0.3, -0.25) is 0 Å². The average molecular weight is 204 g/mol. The zero-order chi connectivity index (χ0) is 11.5. The molecule has 0 atom stereocenters. The van der Waals surface area contributed by atoms with Crippen LogP contribution in [0.1, 0.15) is 45.7 Å². The van der Waals surface area contributed by atoms with E-state index in [4.69, 9.17) is 0 Å². The van der Waals surface area contributed by atoms with Gasteiger partial charge in [0.1, 0.15) is 0 Å². The SMILES string of the molecule is CC(C)Cc1ccc(CC(C)(C)C)cc1. The summed E-state index contributed by atoms with van der Waals surface area (Å²) in [5.41, 5.74) is 3.30. The van der Waals surface area contributed by atoms with Crippen LogP contribution in [0.3, 0.4) is 0 Å². The molecule has 0 heterocycles. The first-order chi connectivity index (χ1) is 6.87. The molecule has 1 aromatic carbocycles. The molecule has 1 rings (SSSR count). The largest absolute Gasteiger partial charge is 0.0625 e. The lowest BCUT2D eigenvalue weighted by Gasteiger charge is -2.18. The Bertz CT molecular complexity index is 285. The molecule has 1 aromatic rings. The van der Waals surface area contributed by atoms with E-state index in [0.717, 1.165) is 12.3 Å². The summed E-state index contributed by atoms with van der Waals surface area (Å²) < 4.78 is 0. The second-order valence-corrected chi connectivity index (χ2v) is 6.15. The van der Waals surface area contributed by atoms with Gasteiger partial charge in [-0.2, -0.15) is 0 Å². The molecule has 0 saturated carbocycles. The Morgan fingerprint density at radius 3 is 1.80 bits per heavy atom. The van der Waals surface area contributed by atoms with Gasteiger partial charge in [0.2, 0.25) is 0 Å². The van der Waals surface area contributed by atoms with E-state index in [1.54, 1.807) is 0 Å². The minimum absolute atomic E-state index is 0.388. The first-order valence-corrected chi connectivity index (χ1v) is 5.94. The normalized spacial score (nSPS) is 12.1. The smallest absolute Gasteiger partial charge is 0.0230 e. The van der Waals surface area contributed by atoms with Gasteiger partial charge in [0, 0.05) is 0 Å². The number of hydrogen-bond acceptors (Lipinski definition) is 0. The van der Waals surface area contributed by atoms with Crippen molar-refractivity contribution >= 4 is 0 Å². The van der Waals surface area contributed by atoms with Gasteiger partial charge >= 0.3 is 0 Å². The zero-order valence-electron chi connectivity index (χ0n) is 10.8. The van der Waals surface area contributed by atoms with E-state index in [-0.39, 0.29) is 0 Å². The average Bonchev–Trinajstić information content (AvgIpc) is 2.05. The third kappa shape index (κ3) is 5.01. The van der Waals surface area contributed by atoms with Gasteiger partial charge < -0.3 is 0 Å². The summed E-state index contributed by atoms with van der Waals surface area (Å²) in [6, 6.07) is 9.12. The zero-order valence-corrected chi connectivity index (χ0v) is 10.8. The first kappa shape index (κ1) is 12.3. The molecule has 0 N–H and O–H groups in total. The summed E-state index contributed by atoms with van der Waals surface area (Å²) in [7, 11) is 0. The Balaban J connectivity index is 2.64. The summed E-state index contributed by atoms with van der Waals surface area (Å²) >= 11 is 0. The van der Waals surface area contributed by atoms with Crippen molar-refractivity contribution < 1.29 is 0 Å². The van der Waals surface area contributed by atoms with Gasteiger partial charge in [0.25, 0.3) is 0 Å². The van der Waals surface area contributed by atoms with Crippen LogP contribution in [0.4, 0.5) is 0 Å². The molecule has 0 radical (unpaired) electrons. The van der Waals surface area contributed by atoms with Crippen molar-refractivity contribution in [1.29, 1.82) is 0 Å². The highest BCUT2D eigenvalue weighted by Gasteiger charge is 2.10. The molecule has 0 spiro atoms. The Hall–Kier alpha value is -0.780. The van der Waals surface area contributed by atoms with E-state index in [2.05, 4.69) is 58.9 Å². The predicted molar refractivity (Wildman–Crippen MR) is 68.1 cm³/mol. The highest BCUT2D eigenvalue weighted by atomic mass is 14.2. The maximum absolute atomic E-state index is 2.29. The molecule has 0 nitrogen and oxygen atoms in total. The van der Waals surface area contributed by atoms with Crippen LogP contribution in [0.15, 0.2) is 24.3 Å². The van der Waals surface area contributed by atoms with E-state index >= 15 is 0 Å². The van der Waals surface area contributed by atoms with E-state index < -0.39 is 0 Å². The Kier molecular flexibility index (Phi) is 3.96. The van der Waals surface area contributed by atoms with Crippen LogP contribution in [-0.4, -0.2) is 0 Å². The molecule has 0 saturated heterocycles. The Morgan fingerprint density at radius 2 is 1.40 bits per heavy atom. The van der Waals surface area contributed by atoms with Gasteiger partial charge in [0.05, 0.1) is 0 Å². The molecule has 0 aliphatic heterocycles. The van der Waals surface area contributed by atoms with Gasteiger partial charge in [-0.05, 0) is 35.3 Å². The van der Waals surface area contributed by atoms with E-state index in [9.17, 15) is 0 Å². The number of hydrogen-bond donors (Lipinski definition) is 0. The highest BCUT2D eigenvalue weighted by Crippen LogP contribution is 2.21. The topological polar surface area (TPSA) is 0 Å². The van der Waals surface area contributed by atoms with Crippen molar-refractivity contribution in [1.82, 2.24) is 0 Å². The van der Waals surface area contributed by atoms with Crippen molar-refractivity contribution in [2.45, 2.75) is 47.5 Å². The third-order valence-electron chi connectivity index (χ3n) is 2.40. The fourth-order valence-corrected chi connectivity index (χ4v) is 1.88. The maximum Gasteiger partial charge on any atom is -0.0230 e. The third-order valence-corrected chi connectivity index (χ3v) is 2.40. The van der Waals surface area contributed by atoms with Crippen LogP contribution in [0.5, 0.6) is 0 Å². The fourth-order valence-electron chi connectivity index (χ4n) is 1.88. The van der Waals surface area contributed by atoms with E-state index in [1.807, 2.05) is 0 Å². The van der Waals surface area contributed by atoms with Crippen LogP contribution < -0.4 is 0 Å². The van der Waals surface area contributed by atoms with Crippen molar-refractivity contribution in [2.75, 3.05) is 0 Å². The van der Waals surface area contributed by atoms with Crippen LogP contribution in [0, 0.1) is 11.3 Å². The van der Waals surface area contributed by atoms with Crippen molar-refractivity contribution in [3.63, 3.8) is 0 Å². The van der Waals surface area contributed by atoms with Crippen LogP contribution in [-0.2, 0) is 12.8 Å². The molecule has 0 aliphatic rings. The maximum atomic E-state index is 2.29. The van der Waals surface area contributed by atoms with Gasteiger partial charge in [-0.1, -0.05) is 58.9 Å². The summed E-state index contributed by atoms with van der Waals surface area (Å²) in [6.45, 7) is 11.4. The van der Waals surface area contributed by atoms with Crippen molar-refractivity contribution in [2.24, 2.45) is 11.3 Å². The van der Waals surface area contributed by atoms with Crippen molar-refractivity contribution in [3.05, 3.63) is 35.4 Å². The molecule has 15 heavy (non-hydrogen) atoms. The molecule has 0 fully saturated rings. The van der Waals surface area contributed by atoms with Crippen LogP contribution in [0.2, 0.25) is 0 Å². The lowest BCUT2D eigenvalue weighted by atomic mass is 9.87. The summed E-state index contributed by atoms with van der Waals surface area (Å²) in [4.78, 5) is 0. The first-order valence-electron chi connectivity index (χ1n) is 5.94. The second-order valence-electron chi connectivity index (χ2n) is 6.15. The minimum Gasteiger partial charge on any atom is -0.0625 e.